The zero-order valence-electron chi connectivity index (χ0n) is 16.2. The third-order valence-electron chi connectivity index (χ3n) is 4.32. The SMILES string of the molecule is COc1ccccc1CCNc1cnnc(NCCc2ccccc2OC)n1. The fourth-order valence-electron chi connectivity index (χ4n) is 2.92. The van der Waals surface area contributed by atoms with E-state index >= 15 is 0 Å². The summed E-state index contributed by atoms with van der Waals surface area (Å²) in [5, 5.41) is 14.6. The van der Waals surface area contributed by atoms with Gasteiger partial charge in [-0.1, -0.05) is 36.4 Å². The van der Waals surface area contributed by atoms with E-state index in [-0.39, 0.29) is 0 Å². The first kappa shape index (κ1) is 19.4. The second-order valence-electron chi connectivity index (χ2n) is 6.14. The molecule has 0 amide bonds. The lowest BCUT2D eigenvalue weighted by molar-refractivity contribution is 0.410. The number of hydrogen-bond acceptors (Lipinski definition) is 7. The summed E-state index contributed by atoms with van der Waals surface area (Å²) in [6.45, 7) is 1.41. The van der Waals surface area contributed by atoms with E-state index in [1.165, 1.54) is 0 Å². The van der Waals surface area contributed by atoms with E-state index < -0.39 is 0 Å². The minimum Gasteiger partial charge on any atom is -0.496 e. The van der Waals surface area contributed by atoms with Gasteiger partial charge in [0, 0.05) is 13.1 Å². The highest BCUT2D eigenvalue weighted by Gasteiger charge is 2.05. The number of nitrogens with one attached hydrogen (secondary N) is 2. The third-order valence-corrected chi connectivity index (χ3v) is 4.32. The molecule has 28 heavy (non-hydrogen) atoms. The average Bonchev–Trinajstić information content (AvgIpc) is 2.75. The quantitative estimate of drug-likeness (QED) is 0.560. The Morgan fingerprint density at radius 1 is 0.786 bits per heavy atom. The van der Waals surface area contributed by atoms with Crippen molar-refractivity contribution in [3.63, 3.8) is 0 Å². The number of anilines is 2. The van der Waals surface area contributed by atoms with Crippen molar-refractivity contribution in [1.82, 2.24) is 15.2 Å². The summed E-state index contributed by atoms with van der Waals surface area (Å²) in [5.74, 6) is 2.96. The van der Waals surface area contributed by atoms with E-state index in [1.54, 1.807) is 20.4 Å². The predicted octanol–water partition coefficient (Wildman–Crippen LogP) is 3.20. The monoisotopic (exact) mass is 379 g/mol. The van der Waals surface area contributed by atoms with Gasteiger partial charge in [-0.15, -0.1) is 5.10 Å². The molecule has 0 unspecified atom stereocenters. The molecule has 0 aliphatic carbocycles. The molecule has 7 heteroatoms. The molecule has 2 N–H and O–H groups in total. The number of rotatable bonds is 10. The van der Waals surface area contributed by atoms with Crippen LogP contribution in [0, 0.1) is 0 Å². The minimum atomic E-state index is 0.497. The fourth-order valence-corrected chi connectivity index (χ4v) is 2.92. The van der Waals surface area contributed by atoms with Crippen LogP contribution in [-0.2, 0) is 12.8 Å². The van der Waals surface area contributed by atoms with Crippen molar-refractivity contribution < 1.29 is 9.47 Å². The molecular weight excluding hydrogens is 354 g/mol. The van der Waals surface area contributed by atoms with Crippen molar-refractivity contribution in [3.05, 3.63) is 65.9 Å². The summed E-state index contributed by atoms with van der Waals surface area (Å²) in [5.41, 5.74) is 2.28. The van der Waals surface area contributed by atoms with Crippen molar-refractivity contribution in [2.45, 2.75) is 12.8 Å². The number of aromatic nitrogens is 3. The highest BCUT2D eigenvalue weighted by atomic mass is 16.5. The van der Waals surface area contributed by atoms with Crippen LogP contribution in [0.25, 0.3) is 0 Å². The van der Waals surface area contributed by atoms with Crippen molar-refractivity contribution in [2.75, 3.05) is 37.9 Å². The van der Waals surface area contributed by atoms with Gasteiger partial charge in [0.05, 0.1) is 20.4 Å². The van der Waals surface area contributed by atoms with Gasteiger partial charge >= 0.3 is 0 Å². The Kier molecular flexibility index (Phi) is 7.01. The van der Waals surface area contributed by atoms with Crippen LogP contribution in [0.15, 0.2) is 54.7 Å². The topological polar surface area (TPSA) is 81.2 Å². The van der Waals surface area contributed by atoms with E-state index in [2.05, 4.69) is 37.9 Å². The van der Waals surface area contributed by atoms with Gasteiger partial charge in [-0.2, -0.15) is 10.1 Å². The van der Waals surface area contributed by atoms with Crippen molar-refractivity contribution in [2.24, 2.45) is 0 Å². The zero-order chi connectivity index (χ0) is 19.6. The lowest BCUT2D eigenvalue weighted by atomic mass is 10.1. The Morgan fingerprint density at radius 2 is 1.36 bits per heavy atom. The fraction of sp³-hybridized carbons (Fsp3) is 0.286. The molecule has 3 aromatic rings. The van der Waals surface area contributed by atoms with Crippen LogP contribution in [0.2, 0.25) is 0 Å². The molecule has 0 bridgehead atoms. The summed E-state index contributed by atoms with van der Waals surface area (Å²) < 4.78 is 10.8. The molecule has 7 nitrogen and oxygen atoms in total. The van der Waals surface area contributed by atoms with E-state index in [1.807, 2.05) is 36.4 Å². The van der Waals surface area contributed by atoms with Crippen LogP contribution < -0.4 is 20.1 Å². The first-order chi connectivity index (χ1) is 13.8. The molecule has 0 spiro atoms. The number of benzene rings is 2. The summed E-state index contributed by atoms with van der Waals surface area (Å²) in [6, 6.07) is 16.0. The minimum absolute atomic E-state index is 0.497. The highest BCUT2D eigenvalue weighted by Crippen LogP contribution is 2.18. The molecule has 0 aliphatic rings. The van der Waals surface area contributed by atoms with Crippen molar-refractivity contribution >= 4 is 11.8 Å². The first-order valence-electron chi connectivity index (χ1n) is 9.21. The first-order valence-corrected chi connectivity index (χ1v) is 9.21. The average molecular weight is 379 g/mol. The van der Waals surface area contributed by atoms with Crippen LogP contribution in [0.5, 0.6) is 11.5 Å². The molecular formula is C21H25N5O2. The highest BCUT2D eigenvalue weighted by molar-refractivity contribution is 5.39. The van der Waals surface area contributed by atoms with Crippen LogP contribution >= 0.6 is 0 Å². The van der Waals surface area contributed by atoms with Crippen molar-refractivity contribution in [3.8, 4) is 11.5 Å². The lowest BCUT2D eigenvalue weighted by Gasteiger charge is -2.10. The zero-order valence-corrected chi connectivity index (χ0v) is 16.2. The number of methoxy groups -OCH3 is 2. The normalized spacial score (nSPS) is 10.4. The van der Waals surface area contributed by atoms with Gasteiger partial charge in [0.1, 0.15) is 11.5 Å². The number of nitrogens with zero attached hydrogens (tertiary/aromatic N) is 3. The van der Waals surface area contributed by atoms with E-state index in [0.29, 0.717) is 18.3 Å². The summed E-state index contributed by atoms with van der Waals surface area (Å²) >= 11 is 0. The smallest absolute Gasteiger partial charge is 0.244 e. The molecule has 2 aromatic carbocycles. The lowest BCUT2D eigenvalue weighted by Crippen LogP contribution is -2.12. The van der Waals surface area contributed by atoms with Gasteiger partial charge in [-0.3, -0.25) is 0 Å². The summed E-state index contributed by atoms with van der Waals surface area (Å²) in [7, 11) is 3.36. The number of para-hydroxylation sites is 2. The maximum atomic E-state index is 5.38. The second-order valence-corrected chi connectivity index (χ2v) is 6.14. The standard InChI is InChI=1S/C21H25N5O2/c1-27-18-9-5-3-7-16(18)11-13-22-20-15-24-26-21(25-20)23-14-12-17-8-4-6-10-19(17)28-2/h3-10,15H,11-14H2,1-2H3,(H2,22,23,25,26). The third kappa shape index (κ3) is 5.33. The maximum absolute atomic E-state index is 5.38. The van der Waals surface area contributed by atoms with Crippen LogP contribution in [0.3, 0.4) is 0 Å². The summed E-state index contributed by atoms with van der Waals surface area (Å²) in [6.07, 6.45) is 3.25. The molecule has 3 rings (SSSR count). The van der Waals surface area contributed by atoms with E-state index in [4.69, 9.17) is 9.47 Å². The van der Waals surface area contributed by atoms with E-state index in [0.717, 1.165) is 42.0 Å². The van der Waals surface area contributed by atoms with Gasteiger partial charge in [0.2, 0.25) is 5.95 Å². The number of hydrogen-bond donors (Lipinski definition) is 2. The molecule has 0 saturated heterocycles. The molecule has 0 atom stereocenters. The Labute approximate surface area is 165 Å². The van der Waals surface area contributed by atoms with Gasteiger partial charge < -0.3 is 20.1 Å². The van der Waals surface area contributed by atoms with Crippen LogP contribution in [0.4, 0.5) is 11.8 Å². The Balaban J connectivity index is 1.50. The van der Waals surface area contributed by atoms with Crippen molar-refractivity contribution in [1.29, 1.82) is 0 Å². The maximum Gasteiger partial charge on any atom is 0.244 e. The largest absolute Gasteiger partial charge is 0.496 e. The molecule has 0 radical (unpaired) electrons. The molecule has 1 aromatic heterocycles. The second kappa shape index (κ2) is 10.1. The van der Waals surface area contributed by atoms with Gasteiger partial charge in [0.15, 0.2) is 5.82 Å². The Hall–Kier alpha value is -3.35. The van der Waals surface area contributed by atoms with Gasteiger partial charge in [0.25, 0.3) is 0 Å². The Morgan fingerprint density at radius 3 is 1.96 bits per heavy atom. The van der Waals surface area contributed by atoms with Gasteiger partial charge in [-0.25, -0.2) is 0 Å². The number of ether oxygens (including phenoxy) is 2. The molecule has 0 aliphatic heterocycles. The molecule has 0 fully saturated rings. The molecule has 0 saturated carbocycles. The van der Waals surface area contributed by atoms with Gasteiger partial charge in [-0.05, 0) is 36.1 Å². The van der Waals surface area contributed by atoms with E-state index in [9.17, 15) is 0 Å². The molecule has 146 valence electrons. The predicted molar refractivity (Wildman–Crippen MR) is 110 cm³/mol. The van der Waals surface area contributed by atoms with Crippen LogP contribution in [0.1, 0.15) is 11.1 Å². The summed E-state index contributed by atoms with van der Waals surface area (Å²) in [4.78, 5) is 4.46. The van der Waals surface area contributed by atoms with Crippen LogP contribution in [-0.4, -0.2) is 42.5 Å². The molecule has 1 heterocycles. The Bertz CT molecular complexity index is 819.